The van der Waals surface area contributed by atoms with E-state index >= 15 is 0 Å². The molecule has 1 N–H and O–H groups in total. The minimum atomic E-state index is -0.815. The number of halogens is 1. The summed E-state index contributed by atoms with van der Waals surface area (Å²) < 4.78 is 5.97. The number of barbiturate groups is 1. The van der Waals surface area contributed by atoms with E-state index in [1.54, 1.807) is 49.4 Å². The van der Waals surface area contributed by atoms with Crippen molar-refractivity contribution in [3.63, 3.8) is 0 Å². The number of amides is 4. The molecule has 7 heteroatoms. The van der Waals surface area contributed by atoms with Crippen molar-refractivity contribution in [3.8, 4) is 5.75 Å². The highest BCUT2D eigenvalue weighted by molar-refractivity contribution is 6.39. The molecule has 0 bridgehead atoms. The number of hydrogen-bond acceptors (Lipinski definition) is 4. The van der Waals surface area contributed by atoms with Crippen molar-refractivity contribution in [1.29, 1.82) is 0 Å². The van der Waals surface area contributed by atoms with Crippen molar-refractivity contribution in [3.05, 3.63) is 112 Å². The van der Waals surface area contributed by atoms with Crippen LogP contribution in [0.5, 0.6) is 5.75 Å². The van der Waals surface area contributed by atoms with Crippen LogP contribution in [0.25, 0.3) is 16.8 Å². The van der Waals surface area contributed by atoms with E-state index in [4.69, 9.17) is 16.3 Å². The molecule has 0 aliphatic carbocycles. The number of hydrogen-bond donors (Lipinski definition) is 1. The zero-order chi connectivity index (χ0) is 25.2. The zero-order valence-electron chi connectivity index (χ0n) is 19.3. The summed E-state index contributed by atoms with van der Waals surface area (Å²) in [6, 6.07) is 25.4. The summed E-state index contributed by atoms with van der Waals surface area (Å²) in [6.45, 7) is 2.10. The van der Waals surface area contributed by atoms with Crippen LogP contribution >= 0.6 is 11.6 Å². The number of ether oxygens (including phenoxy) is 1. The molecule has 0 spiro atoms. The average Bonchev–Trinajstić information content (AvgIpc) is 2.88. The molecule has 1 heterocycles. The smallest absolute Gasteiger partial charge is 0.335 e. The van der Waals surface area contributed by atoms with E-state index in [2.05, 4.69) is 23.5 Å². The van der Waals surface area contributed by atoms with Gasteiger partial charge < -0.3 is 4.74 Å². The number of urea groups is 1. The summed E-state index contributed by atoms with van der Waals surface area (Å²) in [5.41, 5.74) is 2.41. The molecule has 5 rings (SSSR count). The van der Waals surface area contributed by atoms with Crippen LogP contribution in [0.1, 0.15) is 16.7 Å². The van der Waals surface area contributed by atoms with Gasteiger partial charge in [-0.1, -0.05) is 72.3 Å². The third-order valence-corrected chi connectivity index (χ3v) is 6.46. The lowest BCUT2D eigenvalue weighted by atomic mass is 10.1. The summed E-state index contributed by atoms with van der Waals surface area (Å²) >= 11 is 6.17. The van der Waals surface area contributed by atoms with E-state index in [1.165, 1.54) is 6.08 Å². The molecule has 1 saturated heterocycles. The van der Waals surface area contributed by atoms with Gasteiger partial charge in [0.25, 0.3) is 11.8 Å². The van der Waals surface area contributed by atoms with Crippen LogP contribution in [-0.4, -0.2) is 17.8 Å². The van der Waals surface area contributed by atoms with Gasteiger partial charge in [0.1, 0.15) is 17.9 Å². The van der Waals surface area contributed by atoms with Gasteiger partial charge in [0, 0.05) is 5.02 Å². The molecule has 4 aromatic carbocycles. The van der Waals surface area contributed by atoms with Crippen LogP contribution in [0, 0.1) is 6.92 Å². The normalized spacial score (nSPS) is 14.9. The number of fused-ring (bicyclic) bond motifs is 1. The monoisotopic (exact) mass is 496 g/mol. The highest BCUT2D eigenvalue weighted by atomic mass is 35.5. The molecule has 0 aromatic heterocycles. The third kappa shape index (κ3) is 4.46. The topological polar surface area (TPSA) is 75.7 Å². The second kappa shape index (κ2) is 9.68. The van der Waals surface area contributed by atoms with E-state index in [-0.39, 0.29) is 5.57 Å². The van der Waals surface area contributed by atoms with Crippen LogP contribution in [0.2, 0.25) is 5.02 Å². The molecule has 36 heavy (non-hydrogen) atoms. The first kappa shape index (κ1) is 23.3. The number of anilines is 1. The molecule has 1 fully saturated rings. The Morgan fingerprint density at radius 1 is 0.889 bits per heavy atom. The SMILES string of the molecule is Cc1c(Cl)cccc1N1C(=O)NC(=O)/C(=C\c2ccc(OCc3cccc4ccccc34)cc2)C1=O. The number of benzene rings is 4. The Bertz CT molecular complexity index is 1540. The molecule has 1 aliphatic heterocycles. The predicted octanol–water partition coefficient (Wildman–Crippen LogP) is 6.05. The molecule has 0 atom stereocenters. The molecule has 0 radical (unpaired) electrons. The van der Waals surface area contributed by atoms with Crippen molar-refractivity contribution in [2.75, 3.05) is 4.90 Å². The van der Waals surface area contributed by atoms with Gasteiger partial charge in [0.05, 0.1) is 5.69 Å². The van der Waals surface area contributed by atoms with Gasteiger partial charge >= 0.3 is 6.03 Å². The van der Waals surface area contributed by atoms with Crippen LogP contribution in [-0.2, 0) is 16.2 Å². The second-order valence-electron chi connectivity index (χ2n) is 8.34. The average molecular weight is 497 g/mol. The maximum Gasteiger partial charge on any atom is 0.335 e. The summed E-state index contributed by atoms with van der Waals surface area (Å²) in [6.07, 6.45) is 1.45. The van der Waals surface area contributed by atoms with Gasteiger partial charge in [-0.2, -0.15) is 0 Å². The van der Waals surface area contributed by atoms with Gasteiger partial charge in [0.15, 0.2) is 0 Å². The fourth-order valence-corrected chi connectivity index (χ4v) is 4.29. The molecule has 4 aromatic rings. The third-order valence-electron chi connectivity index (χ3n) is 6.05. The van der Waals surface area contributed by atoms with Gasteiger partial charge in [-0.15, -0.1) is 0 Å². The van der Waals surface area contributed by atoms with Gasteiger partial charge in [-0.05, 0) is 64.7 Å². The molecule has 4 amide bonds. The lowest BCUT2D eigenvalue weighted by molar-refractivity contribution is -0.122. The minimum Gasteiger partial charge on any atom is -0.489 e. The van der Waals surface area contributed by atoms with E-state index in [0.717, 1.165) is 21.2 Å². The van der Waals surface area contributed by atoms with Crippen molar-refractivity contribution < 1.29 is 19.1 Å². The Hall–Kier alpha value is -4.42. The number of carbonyl (C=O) groups is 3. The summed E-state index contributed by atoms with van der Waals surface area (Å²) in [5, 5.41) is 4.93. The predicted molar refractivity (Wildman–Crippen MR) is 140 cm³/mol. The van der Waals surface area contributed by atoms with Gasteiger partial charge in [0.2, 0.25) is 0 Å². The molecule has 6 nitrogen and oxygen atoms in total. The lowest BCUT2D eigenvalue weighted by Crippen LogP contribution is -2.54. The molecular formula is C29H21ClN2O4. The first-order valence-corrected chi connectivity index (χ1v) is 11.7. The van der Waals surface area contributed by atoms with Crippen molar-refractivity contribution in [1.82, 2.24) is 5.32 Å². The number of nitrogens with one attached hydrogen (secondary N) is 1. The van der Waals surface area contributed by atoms with Crippen LogP contribution in [0.4, 0.5) is 10.5 Å². The van der Waals surface area contributed by atoms with Crippen LogP contribution in [0.15, 0.2) is 90.5 Å². The number of rotatable bonds is 5. The van der Waals surface area contributed by atoms with E-state index in [1.807, 2.05) is 24.3 Å². The standard InChI is InChI=1S/C29H21ClN2O4/c1-18-25(30)10-5-11-26(18)32-28(34)24(27(33)31-29(32)35)16-19-12-14-22(15-13-19)36-17-21-8-4-7-20-6-2-3-9-23(20)21/h2-16H,17H2,1H3,(H,31,33,35)/b24-16+. The molecule has 1 aliphatic rings. The van der Waals surface area contributed by atoms with Crippen molar-refractivity contribution in [2.24, 2.45) is 0 Å². The Morgan fingerprint density at radius 3 is 2.42 bits per heavy atom. The first-order chi connectivity index (χ1) is 17.4. The Balaban J connectivity index is 1.35. The van der Waals surface area contributed by atoms with E-state index in [0.29, 0.717) is 34.2 Å². The number of nitrogens with zero attached hydrogens (tertiary/aromatic N) is 1. The number of imide groups is 2. The Labute approximate surface area is 212 Å². The summed E-state index contributed by atoms with van der Waals surface area (Å²) in [7, 11) is 0. The largest absolute Gasteiger partial charge is 0.489 e. The fraction of sp³-hybridized carbons (Fsp3) is 0.0690. The second-order valence-corrected chi connectivity index (χ2v) is 8.74. The minimum absolute atomic E-state index is 0.154. The molecule has 178 valence electrons. The quantitative estimate of drug-likeness (QED) is 0.270. The maximum atomic E-state index is 13.2. The highest BCUT2D eigenvalue weighted by Crippen LogP contribution is 2.30. The lowest BCUT2D eigenvalue weighted by Gasteiger charge is -2.27. The van der Waals surface area contributed by atoms with Crippen molar-refractivity contribution in [2.45, 2.75) is 13.5 Å². The van der Waals surface area contributed by atoms with Crippen LogP contribution in [0.3, 0.4) is 0 Å². The molecule has 0 unspecified atom stereocenters. The molecule has 0 saturated carbocycles. The summed E-state index contributed by atoms with van der Waals surface area (Å²) in [5.74, 6) is -0.821. The van der Waals surface area contributed by atoms with Gasteiger partial charge in [-0.3, -0.25) is 14.9 Å². The van der Waals surface area contributed by atoms with E-state index in [9.17, 15) is 14.4 Å². The van der Waals surface area contributed by atoms with Crippen molar-refractivity contribution >= 4 is 52.0 Å². The Kier molecular flexibility index (Phi) is 6.27. The molecular weight excluding hydrogens is 476 g/mol. The number of carbonyl (C=O) groups excluding carboxylic acids is 3. The van der Waals surface area contributed by atoms with Gasteiger partial charge in [-0.25, -0.2) is 9.69 Å². The maximum absolute atomic E-state index is 13.2. The van der Waals surface area contributed by atoms with E-state index < -0.39 is 17.8 Å². The zero-order valence-corrected chi connectivity index (χ0v) is 20.1. The summed E-state index contributed by atoms with van der Waals surface area (Å²) in [4.78, 5) is 39.0. The highest BCUT2D eigenvalue weighted by Gasteiger charge is 2.37. The first-order valence-electron chi connectivity index (χ1n) is 11.3. The van der Waals surface area contributed by atoms with Crippen LogP contribution < -0.4 is 15.0 Å². The Morgan fingerprint density at radius 2 is 1.61 bits per heavy atom. The fourth-order valence-electron chi connectivity index (χ4n) is 4.12.